The molecule has 0 aliphatic heterocycles. The molecule has 1 rings (SSSR count). The fourth-order valence-electron chi connectivity index (χ4n) is 1.24. The van der Waals surface area contributed by atoms with Gasteiger partial charge in [-0.2, -0.15) is 0 Å². The Morgan fingerprint density at radius 1 is 1.58 bits per heavy atom. The van der Waals surface area contributed by atoms with Crippen LogP contribution >= 0.6 is 15.9 Å². The number of nitrogens with one attached hydrogen (secondary N) is 1. The molecule has 0 spiro atoms. The van der Waals surface area contributed by atoms with Gasteiger partial charge in [-0.3, -0.25) is 0 Å². The average molecular weight is 335 g/mol. The first-order valence-corrected chi connectivity index (χ1v) is 6.29. The van der Waals surface area contributed by atoms with E-state index in [9.17, 15) is 9.59 Å². The molecule has 0 aliphatic carbocycles. The van der Waals surface area contributed by atoms with E-state index in [1.807, 2.05) is 0 Å². The van der Waals surface area contributed by atoms with Gasteiger partial charge in [0.1, 0.15) is 17.9 Å². The van der Waals surface area contributed by atoms with E-state index in [2.05, 4.69) is 26.2 Å². The van der Waals surface area contributed by atoms with Gasteiger partial charge in [0.25, 0.3) is 4.80 Å². The molecule has 0 saturated carbocycles. The van der Waals surface area contributed by atoms with Gasteiger partial charge in [0.15, 0.2) is 0 Å². The molecule has 1 aromatic rings. The van der Waals surface area contributed by atoms with Crippen LogP contribution in [0.3, 0.4) is 0 Å². The van der Waals surface area contributed by atoms with E-state index in [0.29, 0.717) is 5.69 Å². The second-order valence-electron chi connectivity index (χ2n) is 4.83. The third-order valence-electron chi connectivity index (χ3n) is 1.93. The highest BCUT2D eigenvalue weighted by Gasteiger charge is 2.25. The van der Waals surface area contributed by atoms with Gasteiger partial charge in [-0.1, -0.05) is 0 Å². The fraction of sp³-hybridized carbons (Fsp3) is 0.545. The molecule has 2 N–H and O–H groups in total. The quantitative estimate of drug-likeness (QED) is 0.872. The third-order valence-corrected chi connectivity index (χ3v) is 2.29. The number of carbonyl (C=O) groups excluding carboxylic acids is 1. The van der Waals surface area contributed by atoms with Crippen molar-refractivity contribution < 1.29 is 23.8 Å². The summed E-state index contributed by atoms with van der Waals surface area (Å²) in [7, 11) is 0. The van der Waals surface area contributed by atoms with E-state index >= 15 is 0 Å². The molecule has 0 aliphatic rings. The highest BCUT2D eigenvalue weighted by atomic mass is 79.9. The number of aliphatic carboxylic acids is 1. The Hall–Kier alpha value is -1.57. The van der Waals surface area contributed by atoms with Crippen molar-refractivity contribution >= 4 is 28.0 Å². The monoisotopic (exact) mass is 334 g/mol. The number of carboxylic acids is 1. The summed E-state index contributed by atoms with van der Waals surface area (Å²) < 4.78 is 9.89. The topological polar surface area (TPSA) is 102 Å². The van der Waals surface area contributed by atoms with Crippen molar-refractivity contribution in [2.45, 2.75) is 38.8 Å². The minimum Gasteiger partial charge on any atom is -0.480 e. The summed E-state index contributed by atoms with van der Waals surface area (Å²) >= 11 is 3.01. The van der Waals surface area contributed by atoms with Crippen LogP contribution in [0.15, 0.2) is 15.5 Å². The van der Waals surface area contributed by atoms with Gasteiger partial charge in [0.05, 0.1) is 5.69 Å². The minimum absolute atomic E-state index is 0.00365. The van der Waals surface area contributed by atoms with Crippen LogP contribution in [-0.4, -0.2) is 33.8 Å². The SMILES string of the molecule is CC(C)(C)OC(=O)N[C@@H](Cc1coc(Br)n1)C(=O)O. The molecule has 1 amide bonds. The Balaban J connectivity index is 2.63. The van der Waals surface area contributed by atoms with Crippen LogP contribution in [0.1, 0.15) is 26.5 Å². The summed E-state index contributed by atoms with van der Waals surface area (Å²) in [5.41, 5.74) is -0.278. The van der Waals surface area contributed by atoms with E-state index in [1.54, 1.807) is 20.8 Å². The molecular weight excluding hydrogens is 320 g/mol. The maximum atomic E-state index is 11.5. The molecular formula is C11H15BrN2O5. The molecule has 0 fully saturated rings. The second kappa shape index (κ2) is 6.05. The normalized spacial score (nSPS) is 12.8. The minimum atomic E-state index is -1.18. The lowest BCUT2D eigenvalue weighted by molar-refractivity contribution is -0.139. The summed E-state index contributed by atoms with van der Waals surface area (Å²) in [6.45, 7) is 5.07. The smallest absolute Gasteiger partial charge is 0.408 e. The van der Waals surface area contributed by atoms with Crippen LogP contribution in [0.25, 0.3) is 0 Å². The number of amides is 1. The van der Waals surface area contributed by atoms with Crippen molar-refractivity contribution in [3.05, 3.63) is 16.8 Å². The number of oxazole rings is 1. The Bertz CT molecular complexity index is 466. The molecule has 1 aromatic heterocycles. The lowest BCUT2D eigenvalue weighted by atomic mass is 10.1. The number of nitrogens with zero attached hydrogens (tertiary/aromatic N) is 1. The maximum Gasteiger partial charge on any atom is 0.408 e. The molecule has 0 bridgehead atoms. The maximum absolute atomic E-state index is 11.5. The Kier molecular flexibility index (Phi) is 4.93. The molecule has 106 valence electrons. The zero-order chi connectivity index (χ0) is 14.6. The number of hydrogen-bond acceptors (Lipinski definition) is 5. The summed E-state index contributed by atoms with van der Waals surface area (Å²) in [5.74, 6) is -1.18. The predicted molar refractivity (Wildman–Crippen MR) is 68.7 cm³/mol. The van der Waals surface area contributed by atoms with E-state index in [-0.39, 0.29) is 11.2 Å². The van der Waals surface area contributed by atoms with Crippen molar-refractivity contribution in [2.24, 2.45) is 0 Å². The molecule has 1 atom stereocenters. The third kappa shape index (κ3) is 5.73. The summed E-state index contributed by atoms with van der Waals surface area (Å²) in [6, 6.07) is -1.13. The molecule has 7 nitrogen and oxygen atoms in total. The van der Waals surface area contributed by atoms with Crippen molar-refractivity contribution in [3.8, 4) is 0 Å². The first-order valence-electron chi connectivity index (χ1n) is 5.49. The second-order valence-corrected chi connectivity index (χ2v) is 5.51. The van der Waals surface area contributed by atoms with Gasteiger partial charge in [0, 0.05) is 22.4 Å². The zero-order valence-electron chi connectivity index (χ0n) is 10.8. The molecule has 19 heavy (non-hydrogen) atoms. The molecule has 8 heteroatoms. The average Bonchev–Trinajstić information content (AvgIpc) is 2.60. The molecule has 1 heterocycles. The van der Waals surface area contributed by atoms with Gasteiger partial charge in [-0.05, 0) is 20.8 Å². The number of carbonyl (C=O) groups is 2. The molecule has 0 saturated heterocycles. The Labute approximate surface area is 118 Å². The van der Waals surface area contributed by atoms with Crippen molar-refractivity contribution in [1.29, 1.82) is 0 Å². The zero-order valence-corrected chi connectivity index (χ0v) is 12.4. The molecule has 0 unspecified atom stereocenters. The fourth-order valence-corrected chi connectivity index (χ4v) is 1.56. The number of rotatable bonds is 4. The van der Waals surface area contributed by atoms with Crippen LogP contribution in [0.5, 0.6) is 0 Å². The highest BCUT2D eigenvalue weighted by Crippen LogP contribution is 2.11. The van der Waals surface area contributed by atoms with Gasteiger partial charge in [-0.25, -0.2) is 14.6 Å². The van der Waals surface area contributed by atoms with E-state index in [1.165, 1.54) is 6.26 Å². The van der Waals surface area contributed by atoms with E-state index < -0.39 is 23.7 Å². The number of alkyl carbamates (subject to hydrolysis) is 1. The Morgan fingerprint density at radius 3 is 2.63 bits per heavy atom. The predicted octanol–water partition coefficient (Wildman–Crippen LogP) is 1.96. The Morgan fingerprint density at radius 2 is 2.21 bits per heavy atom. The van der Waals surface area contributed by atoms with Gasteiger partial charge >= 0.3 is 12.1 Å². The van der Waals surface area contributed by atoms with Gasteiger partial charge < -0.3 is 19.6 Å². The van der Waals surface area contributed by atoms with Crippen LogP contribution in [0.2, 0.25) is 0 Å². The van der Waals surface area contributed by atoms with Gasteiger partial charge in [0.2, 0.25) is 0 Å². The lowest BCUT2D eigenvalue weighted by Crippen LogP contribution is -2.44. The van der Waals surface area contributed by atoms with Crippen molar-refractivity contribution in [2.75, 3.05) is 0 Å². The number of carboxylic acid groups (broad SMARTS) is 1. The van der Waals surface area contributed by atoms with Crippen LogP contribution in [-0.2, 0) is 16.0 Å². The van der Waals surface area contributed by atoms with Gasteiger partial charge in [-0.15, -0.1) is 0 Å². The summed E-state index contributed by atoms with van der Waals surface area (Å²) in [5, 5.41) is 11.3. The number of ether oxygens (including phenoxy) is 1. The number of hydrogen-bond donors (Lipinski definition) is 2. The molecule has 0 aromatic carbocycles. The first-order chi connectivity index (χ1) is 8.67. The van der Waals surface area contributed by atoms with Crippen molar-refractivity contribution in [1.82, 2.24) is 10.3 Å². The van der Waals surface area contributed by atoms with E-state index in [0.717, 1.165) is 0 Å². The summed E-state index contributed by atoms with van der Waals surface area (Å²) in [6.07, 6.45) is 0.531. The standard InChI is InChI=1S/C11H15BrN2O5/c1-11(2,3)19-10(17)14-7(8(15)16)4-6-5-18-9(12)13-6/h5,7H,4H2,1-3H3,(H,14,17)(H,15,16)/t7-/m0/s1. The number of halogens is 1. The summed E-state index contributed by atoms with van der Waals surface area (Å²) in [4.78, 5) is 26.8. The van der Waals surface area contributed by atoms with E-state index in [4.69, 9.17) is 14.3 Å². The molecule has 0 radical (unpaired) electrons. The van der Waals surface area contributed by atoms with Crippen LogP contribution in [0.4, 0.5) is 4.79 Å². The number of aromatic nitrogens is 1. The largest absolute Gasteiger partial charge is 0.480 e. The van der Waals surface area contributed by atoms with Crippen molar-refractivity contribution in [3.63, 3.8) is 0 Å². The lowest BCUT2D eigenvalue weighted by Gasteiger charge is -2.21. The first kappa shape index (κ1) is 15.5. The van der Waals surface area contributed by atoms with Crippen LogP contribution in [0, 0.1) is 0 Å². The highest BCUT2D eigenvalue weighted by molar-refractivity contribution is 9.10. The van der Waals surface area contributed by atoms with Crippen LogP contribution < -0.4 is 5.32 Å².